The van der Waals surface area contributed by atoms with Gasteiger partial charge in [0.25, 0.3) is 5.60 Å². The highest BCUT2D eigenvalue weighted by Gasteiger charge is 2.73. The van der Waals surface area contributed by atoms with Crippen molar-refractivity contribution in [3.8, 4) is 0 Å². The van der Waals surface area contributed by atoms with Gasteiger partial charge in [-0.2, -0.15) is 26.3 Å². The van der Waals surface area contributed by atoms with E-state index in [-0.39, 0.29) is 41.4 Å². The van der Waals surface area contributed by atoms with Crippen molar-refractivity contribution in [1.29, 1.82) is 0 Å². The number of halogens is 9. The van der Waals surface area contributed by atoms with Gasteiger partial charge in [-0.25, -0.2) is 21.6 Å². The first-order chi connectivity index (χ1) is 22.4. The van der Waals surface area contributed by atoms with Crippen LogP contribution in [0.4, 0.5) is 39.5 Å². The number of hydrogen-bond donors (Lipinski definition) is 0. The molecule has 1 saturated carbocycles. The standard InChI is InChI=1S/C33H29F9O5S/c34-24-8-10-25(11-9-24)48(44,45)30(17-20(18-30)16-29(43)21-12-14-46-15-13-21)22-4-6-23(7-5-22)31(32(37,38)39,33(40,41)42)47-19-26-27(35)2-1-3-28(26)36/h1-11,20-21H,12-19H2. The first-order valence-corrected chi connectivity index (χ1v) is 16.3. The molecular weight excluding hydrogens is 679 g/mol. The van der Waals surface area contributed by atoms with E-state index >= 15 is 0 Å². The maximum absolute atomic E-state index is 14.4. The minimum absolute atomic E-state index is 0.00907. The summed E-state index contributed by atoms with van der Waals surface area (Å²) in [6.45, 7) is -0.954. The monoisotopic (exact) mass is 708 g/mol. The average Bonchev–Trinajstić information content (AvgIpc) is 2.99. The average molecular weight is 709 g/mol. The molecule has 2 aliphatic rings. The van der Waals surface area contributed by atoms with Gasteiger partial charge in [0.2, 0.25) is 0 Å². The number of benzene rings is 3. The van der Waals surface area contributed by atoms with Crippen LogP contribution in [0.25, 0.3) is 0 Å². The van der Waals surface area contributed by atoms with Crippen LogP contribution in [-0.2, 0) is 41.1 Å². The Labute approximate surface area is 270 Å². The quantitative estimate of drug-likeness (QED) is 0.157. The zero-order valence-corrected chi connectivity index (χ0v) is 25.8. The van der Waals surface area contributed by atoms with Crippen LogP contribution in [0.15, 0.2) is 71.6 Å². The first-order valence-electron chi connectivity index (χ1n) is 14.8. The van der Waals surface area contributed by atoms with Gasteiger partial charge in [0.1, 0.15) is 28.0 Å². The smallest absolute Gasteiger partial charge is 0.381 e. The molecule has 0 bridgehead atoms. The Balaban J connectivity index is 1.53. The topological polar surface area (TPSA) is 69.7 Å². The summed E-state index contributed by atoms with van der Waals surface area (Å²) in [4.78, 5) is 12.6. The van der Waals surface area contributed by atoms with E-state index in [4.69, 9.17) is 4.74 Å². The Morgan fingerprint density at radius 1 is 0.812 bits per heavy atom. The molecule has 5 rings (SSSR count). The van der Waals surface area contributed by atoms with Crippen LogP contribution >= 0.6 is 0 Å². The van der Waals surface area contributed by atoms with Crippen molar-refractivity contribution in [1.82, 2.24) is 0 Å². The molecule has 2 fully saturated rings. The number of carbonyl (C=O) groups is 1. The summed E-state index contributed by atoms with van der Waals surface area (Å²) in [5, 5.41) is 0. The van der Waals surface area contributed by atoms with E-state index in [0.29, 0.717) is 50.3 Å². The number of ketones is 1. The fourth-order valence-electron chi connectivity index (χ4n) is 6.53. The van der Waals surface area contributed by atoms with Crippen molar-refractivity contribution in [2.75, 3.05) is 13.2 Å². The van der Waals surface area contributed by atoms with Gasteiger partial charge in [0.05, 0.1) is 11.5 Å². The Morgan fingerprint density at radius 2 is 1.35 bits per heavy atom. The van der Waals surface area contributed by atoms with E-state index in [1.165, 1.54) is 0 Å². The molecule has 1 aliphatic carbocycles. The summed E-state index contributed by atoms with van der Waals surface area (Å²) in [6.07, 6.45) is -11.8. The SMILES string of the molecule is O=C(CC1CC(c2ccc(C(OCc3c(F)cccc3F)(C(F)(F)F)C(F)(F)F)cc2)(S(=O)(=O)c2ccc(F)cc2)C1)C1CCOCC1. The minimum atomic E-state index is -6.20. The lowest BCUT2D eigenvalue weighted by Crippen LogP contribution is -2.56. The van der Waals surface area contributed by atoms with Crippen molar-refractivity contribution in [3.05, 3.63) is 101 Å². The molecule has 0 atom stereocenters. The van der Waals surface area contributed by atoms with Gasteiger partial charge in [0.15, 0.2) is 9.84 Å². The number of rotatable bonds is 10. The normalized spacial score (nSPS) is 21.1. The number of Topliss-reactive ketones (excluding diaryl/α,β-unsaturated/α-hetero) is 1. The summed E-state index contributed by atoms with van der Waals surface area (Å²) >= 11 is 0. The van der Waals surface area contributed by atoms with Gasteiger partial charge in [0, 0.05) is 36.7 Å². The fraction of sp³-hybridized carbons (Fsp3) is 0.424. The zero-order valence-electron chi connectivity index (χ0n) is 25.0. The van der Waals surface area contributed by atoms with Crippen LogP contribution in [-0.4, -0.2) is 39.8 Å². The number of alkyl halides is 6. The molecule has 260 valence electrons. The predicted molar refractivity (Wildman–Crippen MR) is 153 cm³/mol. The van der Waals surface area contributed by atoms with Crippen LogP contribution in [0.5, 0.6) is 0 Å². The Kier molecular flexibility index (Phi) is 9.80. The highest BCUT2D eigenvalue weighted by molar-refractivity contribution is 7.92. The van der Waals surface area contributed by atoms with Crippen molar-refractivity contribution in [2.24, 2.45) is 11.8 Å². The molecular formula is C33H29F9O5S. The number of sulfone groups is 1. The lowest BCUT2D eigenvalue weighted by molar-refractivity contribution is -0.392. The van der Waals surface area contributed by atoms with Crippen molar-refractivity contribution in [2.45, 2.75) is 66.3 Å². The van der Waals surface area contributed by atoms with Gasteiger partial charge in [-0.1, -0.05) is 30.3 Å². The lowest BCUT2D eigenvalue weighted by atomic mass is 9.67. The van der Waals surface area contributed by atoms with Crippen molar-refractivity contribution >= 4 is 15.6 Å². The summed E-state index contributed by atoms with van der Waals surface area (Å²) in [5.74, 6) is -4.45. The molecule has 3 aromatic rings. The summed E-state index contributed by atoms with van der Waals surface area (Å²) in [6, 6.07) is 8.36. The summed E-state index contributed by atoms with van der Waals surface area (Å²) < 4.78 is 164. The van der Waals surface area contributed by atoms with E-state index in [1.807, 2.05) is 0 Å². The Hall–Kier alpha value is -3.43. The van der Waals surface area contributed by atoms with E-state index in [9.17, 15) is 52.7 Å². The molecule has 3 aromatic carbocycles. The zero-order chi connectivity index (χ0) is 35.1. The third-order valence-corrected chi connectivity index (χ3v) is 11.6. The van der Waals surface area contributed by atoms with Gasteiger partial charge in [-0.15, -0.1) is 0 Å². The Morgan fingerprint density at radius 3 is 1.88 bits per heavy atom. The van der Waals surface area contributed by atoms with E-state index in [0.717, 1.165) is 42.5 Å². The van der Waals surface area contributed by atoms with E-state index in [2.05, 4.69) is 4.74 Å². The Bertz CT molecular complexity index is 1690. The van der Waals surface area contributed by atoms with Gasteiger partial charge in [-0.3, -0.25) is 4.79 Å². The molecule has 0 unspecified atom stereocenters. The van der Waals surface area contributed by atoms with Crippen molar-refractivity contribution < 1.29 is 62.2 Å². The van der Waals surface area contributed by atoms with Gasteiger partial charge in [-0.05, 0) is 73.6 Å². The number of ether oxygens (including phenoxy) is 2. The number of hydrogen-bond acceptors (Lipinski definition) is 5. The molecule has 0 N–H and O–H groups in total. The molecule has 5 nitrogen and oxygen atoms in total. The number of carbonyl (C=O) groups excluding carboxylic acids is 1. The van der Waals surface area contributed by atoms with Crippen LogP contribution in [0, 0.1) is 29.3 Å². The maximum Gasteiger partial charge on any atom is 0.430 e. The molecule has 0 amide bonds. The molecule has 1 aliphatic heterocycles. The first kappa shape index (κ1) is 35.9. The fourth-order valence-corrected chi connectivity index (χ4v) is 8.83. The van der Waals surface area contributed by atoms with Gasteiger partial charge < -0.3 is 9.47 Å². The van der Waals surface area contributed by atoms with E-state index < -0.39 is 73.6 Å². The van der Waals surface area contributed by atoms with E-state index in [1.54, 1.807) is 0 Å². The second-order valence-electron chi connectivity index (χ2n) is 12.0. The van der Waals surface area contributed by atoms with Crippen LogP contribution in [0.1, 0.15) is 48.8 Å². The van der Waals surface area contributed by atoms with Crippen LogP contribution < -0.4 is 0 Å². The molecule has 0 aromatic heterocycles. The minimum Gasteiger partial charge on any atom is -0.381 e. The summed E-state index contributed by atoms with van der Waals surface area (Å²) in [7, 11) is -4.45. The molecule has 1 saturated heterocycles. The molecule has 0 radical (unpaired) electrons. The van der Waals surface area contributed by atoms with Crippen molar-refractivity contribution in [3.63, 3.8) is 0 Å². The highest BCUT2D eigenvalue weighted by Crippen LogP contribution is 2.57. The molecule has 1 heterocycles. The molecule has 48 heavy (non-hydrogen) atoms. The maximum atomic E-state index is 14.4. The highest BCUT2D eigenvalue weighted by atomic mass is 32.2. The third-order valence-electron chi connectivity index (χ3n) is 9.15. The third kappa shape index (κ3) is 6.36. The lowest BCUT2D eigenvalue weighted by Gasteiger charge is -2.47. The predicted octanol–water partition coefficient (Wildman–Crippen LogP) is 8.11. The van der Waals surface area contributed by atoms with Crippen LogP contribution in [0.2, 0.25) is 0 Å². The largest absolute Gasteiger partial charge is 0.430 e. The molecule has 15 heteroatoms. The second kappa shape index (κ2) is 13.1. The molecule has 0 spiro atoms. The van der Waals surface area contributed by atoms with Gasteiger partial charge >= 0.3 is 12.4 Å². The van der Waals surface area contributed by atoms with Crippen LogP contribution in [0.3, 0.4) is 0 Å². The summed E-state index contributed by atoms with van der Waals surface area (Å²) in [5.41, 5.74) is -7.90. The second-order valence-corrected chi connectivity index (χ2v) is 14.3.